The van der Waals surface area contributed by atoms with E-state index in [4.69, 9.17) is 0 Å². The average Bonchev–Trinajstić information content (AvgIpc) is 3.04. The number of anilines is 2. The molecule has 1 aromatic carbocycles. The summed E-state index contributed by atoms with van der Waals surface area (Å²) in [7, 11) is 0. The molecule has 1 aliphatic heterocycles. The molecule has 6 nitrogen and oxygen atoms in total. The Morgan fingerprint density at radius 2 is 2.00 bits per heavy atom. The third-order valence-corrected chi connectivity index (χ3v) is 4.32. The summed E-state index contributed by atoms with van der Waals surface area (Å²) in [6.07, 6.45) is 2.06. The minimum absolute atomic E-state index is 0.107. The fourth-order valence-electron chi connectivity index (χ4n) is 3.13. The first-order chi connectivity index (χ1) is 11.9. The van der Waals surface area contributed by atoms with Gasteiger partial charge >= 0.3 is 0 Å². The fraction of sp³-hybridized carbons (Fsp3) is 0.389. The molecule has 0 saturated carbocycles. The van der Waals surface area contributed by atoms with Crippen LogP contribution in [0.5, 0.6) is 0 Å². The zero-order chi connectivity index (χ0) is 18.0. The molecule has 2 aromatic rings. The average molecular weight is 344 g/mol. The summed E-state index contributed by atoms with van der Waals surface area (Å²) in [6, 6.07) is 4.51. The maximum Gasteiger partial charge on any atom is 0.254 e. The Balaban J connectivity index is 1.76. The molecule has 0 aliphatic carbocycles. The van der Waals surface area contributed by atoms with Gasteiger partial charge in [-0.1, -0.05) is 0 Å². The predicted octanol–water partition coefficient (Wildman–Crippen LogP) is 2.31. The normalized spacial score (nSPS) is 14.0. The monoisotopic (exact) mass is 344 g/mol. The summed E-state index contributed by atoms with van der Waals surface area (Å²) in [5.74, 6) is -0.269. The number of hydrogen-bond donors (Lipinski definition) is 2. The number of aromatic nitrogens is 2. The first kappa shape index (κ1) is 17.1. The van der Waals surface area contributed by atoms with E-state index in [0.717, 1.165) is 31.6 Å². The second-order valence-corrected chi connectivity index (χ2v) is 6.33. The SMILES string of the molecule is Cc1nc(C)c(CC(=O)Nc2cc(F)cc(N3CCCC3)c2)c(=O)[nH]1. The van der Waals surface area contributed by atoms with Gasteiger partial charge in [-0.15, -0.1) is 0 Å². The quantitative estimate of drug-likeness (QED) is 0.892. The topological polar surface area (TPSA) is 78.1 Å². The van der Waals surface area contributed by atoms with Gasteiger partial charge in [-0.3, -0.25) is 9.59 Å². The van der Waals surface area contributed by atoms with Crippen molar-refractivity contribution < 1.29 is 9.18 Å². The van der Waals surface area contributed by atoms with Gasteiger partial charge in [0.2, 0.25) is 5.91 Å². The molecular formula is C18H21FN4O2. The van der Waals surface area contributed by atoms with Crippen molar-refractivity contribution in [1.82, 2.24) is 9.97 Å². The molecule has 0 spiro atoms. The van der Waals surface area contributed by atoms with E-state index in [1.54, 1.807) is 19.9 Å². The van der Waals surface area contributed by atoms with Gasteiger partial charge in [0.15, 0.2) is 0 Å². The zero-order valence-electron chi connectivity index (χ0n) is 14.4. The highest BCUT2D eigenvalue weighted by atomic mass is 19.1. The van der Waals surface area contributed by atoms with Gasteiger partial charge in [-0.25, -0.2) is 9.37 Å². The van der Waals surface area contributed by atoms with Gasteiger partial charge in [0.1, 0.15) is 11.6 Å². The summed E-state index contributed by atoms with van der Waals surface area (Å²) in [4.78, 5) is 33.1. The number of aryl methyl sites for hydroxylation is 2. The van der Waals surface area contributed by atoms with E-state index in [2.05, 4.69) is 20.2 Å². The minimum atomic E-state index is -0.397. The van der Waals surface area contributed by atoms with Crippen LogP contribution >= 0.6 is 0 Å². The molecule has 1 saturated heterocycles. The van der Waals surface area contributed by atoms with Crippen molar-refractivity contribution in [3.8, 4) is 0 Å². The Kier molecular flexibility index (Phi) is 4.83. The van der Waals surface area contributed by atoms with Crippen LogP contribution in [0.25, 0.3) is 0 Å². The molecule has 132 valence electrons. The highest BCUT2D eigenvalue weighted by molar-refractivity contribution is 5.92. The van der Waals surface area contributed by atoms with Crippen molar-refractivity contribution in [3.63, 3.8) is 0 Å². The van der Waals surface area contributed by atoms with Crippen molar-refractivity contribution in [2.75, 3.05) is 23.3 Å². The summed E-state index contributed by atoms with van der Waals surface area (Å²) in [5.41, 5.74) is 1.67. The Hall–Kier alpha value is -2.70. The number of nitrogens with zero attached hydrogens (tertiary/aromatic N) is 2. The number of rotatable bonds is 4. The van der Waals surface area contributed by atoms with Crippen LogP contribution in [0.4, 0.5) is 15.8 Å². The fourth-order valence-corrected chi connectivity index (χ4v) is 3.13. The highest BCUT2D eigenvalue weighted by Crippen LogP contribution is 2.25. The number of halogens is 1. The molecular weight excluding hydrogens is 323 g/mol. The van der Waals surface area contributed by atoms with E-state index in [1.807, 2.05) is 0 Å². The van der Waals surface area contributed by atoms with E-state index in [1.165, 1.54) is 12.1 Å². The standard InChI is InChI=1S/C18H21FN4O2/c1-11-16(18(25)21-12(2)20-11)10-17(24)22-14-7-13(19)8-15(9-14)23-5-3-4-6-23/h7-9H,3-6,10H2,1-2H3,(H,22,24)(H,20,21,25). The summed E-state index contributed by atoms with van der Waals surface area (Å²) in [5, 5.41) is 2.68. The molecule has 1 fully saturated rings. The molecule has 1 amide bonds. The van der Waals surface area contributed by atoms with Crippen LogP contribution in [0.1, 0.15) is 29.9 Å². The van der Waals surface area contributed by atoms with Gasteiger partial charge in [0.25, 0.3) is 5.56 Å². The maximum atomic E-state index is 13.9. The Morgan fingerprint density at radius 3 is 2.68 bits per heavy atom. The van der Waals surface area contributed by atoms with Crippen molar-refractivity contribution in [2.45, 2.75) is 33.1 Å². The Bertz CT molecular complexity index is 857. The molecule has 1 aliphatic rings. The van der Waals surface area contributed by atoms with Crippen LogP contribution in [0.3, 0.4) is 0 Å². The largest absolute Gasteiger partial charge is 0.371 e. The maximum absolute atomic E-state index is 13.9. The van der Waals surface area contributed by atoms with Crippen molar-refractivity contribution in [2.24, 2.45) is 0 Å². The van der Waals surface area contributed by atoms with Crippen LogP contribution in [-0.2, 0) is 11.2 Å². The van der Waals surface area contributed by atoms with Gasteiger partial charge in [0.05, 0.1) is 6.42 Å². The number of carbonyl (C=O) groups is 1. The number of amides is 1. The van der Waals surface area contributed by atoms with Crippen molar-refractivity contribution in [3.05, 3.63) is 51.5 Å². The number of nitrogens with one attached hydrogen (secondary N) is 2. The van der Waals surface area contributed by atoms with E-state index >= 15 is 0 Å². The van der Waals surface area contributed by atoms with E-state index in [0.29, 0.717) is 22.8 Å². The molecule has 0 atom stereocenters. The van der Waals surface area contributed by atoms with E-state index in [-0.39, 0.29) is 17.9 Å². The van der Waals surface area contributed by atoms with E-state index in [9.17, 15) is 14.0 Å². The van der Waals surface area contributed by atoms with Crippen LogP contribution in [0.15, 0.2) is 23.0 Å². The molecule has 25 heavy (non-hydrogen) atoms. The lowest BCUT2D eigenvalue weighted by molar-refractivity contribution is -0.115. The second kappa shape index (κ2) is 7.04. The van der Waals surface area contributed by atoms with Crippen LogP contribution in [0.2, 0.25) is 0 Å². The molecule has 3 rings (SSSR count). The van der Waals surface area contributed by atoms with Gasteiger partial charge in [0, 0.05) is 35.7 Å². The third kappa shape index (κ3) is 4.04. The summed E-state index contributed by atoms with van der Waals surface area (Å²) < 4.78 is 13.9. The molecule has 1 aromatic heterocycles. The Labute approximate surface area is 145 Å². The molecule has 2 N–H and O–H groups in total. The molecule has 0 radical (unpaired) electrons. The lowest BCUT2D eigenvalue weighted by Gasteiger charge is -2.19. The number of hydrogen-bond acceptors (Lipinski definition) is 4. The molecule has 0 unspecified atom stereocenters. The Morgan fingerprint density at radius 1 is 1.28 bits per heavy atom. The summed E-state index contributed by atoms with van der Waals surface area (Å²) in [6.45, 7) is 5.16. The number of aromatic amines is 1. The highest BCUT2D eigenvalue weighted by Gasteiger charge is 2.16. The van der Waals surface area contributed by atoms with Gasteiger partial charge in [-0.05, 0) is 44.9 Å². The molecule has 2 heterocycles. The van der Waals surface area contributed by atoms with Crippen molar-refractivity contribution in [1.29, 1.82) is 0 Å². The number of benzene rings is 1. The van der Waals surface area contributed by atoms with E-state index < -0.39 is 5.82 Å². The smallest absolute Gasteiger partial charge is 0.254 e. The third-order valence-electron chi connectivity index (χ3n) is 4.32. The van der Waals surface area contributed by atoms with Gasteiger partial charge in [-0.2, -0.15) is 0 Å². The first-order valence-corrected chi connectivity index (χ1v) is 8.34. The number of carbonyl (C=O) groups excluding carboxylic acids is 1. The van der Waals surface area contributed by atoms with Crippen LogP contribution in [0, 0.1) is 19.7 Å². The predicted molar refractivity (Wildman–Crippen MR) is 94.5 cm³/mol. The lowest BCUT2D eigenvalue weighted by Crippen LogP contribution is -2.24. The van der Waals surface area contributed by atoms with Crippen LogP contribution < -0.4 is 15.8 Å². The number of H-pyrrole nitrogens is 1. The lowest BCUT2D eigenvalue weighted by atomic mass is 10.1. The van der Waals surface area contributed by atoms with Crippen LogP contribution in [-0.4, -0.2) is 29.0 Å². The molecule has 0 bridgehead atoms. The minimum Gasteiger partial charge on any atom is -0.371 e. The second-order valence-electron chi connectivity index (χ2n) is 6.33. The zero-order valence-corrected chi connectivity index (χ0v) is 14.4. The molecule has 7 heteroatoms. The summed E-state index contributed by atoms with van der Waals surface area (Å²) >= 11 is 0. The first-order valence-electron chi connectivity index (χ1n) is 8.34. The van der Waals surface area contributed by atoms with Gasteiger partial charge < -0.3 is 15.2 Å². The van der Waals surface area contributed by atoms with Crippen molar-refractivity contribution >= 4 is 17.3 Å².